The van der Waals surface area contributed by atoms with E-state index < -0.39 is 11.9 Å². The van der Waals surface area contributed by atoms with E-state index in [0.717, 1.165) is 5.56 Å². The third kappa shape index (κ3) is 3.28. The largest absolute Gasteiger partial charge is 0.481 e. The molecule has 0 saturated carbocycles. The highest BCUT2D eigenvalue weighted by Gasteiger charge is 2.24. The second-order valence-corrected chi connectivity index (χ2v) is 4.29. The molecule has 19 heavy (non-hydrogen) atoms. The maximum Gasteiger partial charge on any atom is 0.304 e. The van der Waals surface area contributed by atoms with Gasteiger partial charge in [-0.3, -0.25) is 9.59 Å². The maximum absolute atomic E-state index is 12.4. The first kappa shape index (κ1) is 13.0. The van der Waals surface area contributed by atoms with Gasteiger partial charge in [0.1, 0.15) is 0 Å². The molecule has 0 heterocycles. The summed E-state index contributed by atoms with van der Waals surface area (Å²) in [6.45, 7) is 0. The molecule has 0 fully saturated rings. The van der Waals surface area contributed by atoms with Crippen LogP contribution in [0.1, 0.15) is 28.3 Å². The van der Waals surface area contributed by atoms with Crippen molar-refractivity contribution in [3.63, 3.8) is 0 Å². The fourth-order valence-electron chi connectivity index (χ4n) is 2.03. The Morgan fingerprint density at radius 2 is 1.42 bits per heavy atom. The van der Waals surface area contributed by atoms with Crippen molar-refractivity contribution in [2.24, 2.45) is 0 Å². The average molecular weight is 254 g/mol. The molecule has 1 N–H and O–H groups in total. The molecular formula is C16H14O3. The van der Waals surface area contributed by atoms with Crippen LogP contribution < -0.4 is 0 Å². The maximum atomic E-state index is 12.4. The van der Waals surface area contributed by atoms with E-state index in [2.05, 4.69) is 0 Å². The Kier molecular flexibility index (Phi) is 4.08. The normalized spacial score (nSPS) is 11.8. The molecule has 0 bridgehead atoms. The number of rotatable bonds is 5. The lowest BCUT2D eigenvalue weighted by atomic mass is 9.88. The molecule has 0 amide bonds. The van der Waals surface area contributed by atoms with Crippen LogP contribution in [0.25, 0.3) is 0 Å². The van der Waals surface area contributed by atoms with Gasteiger partial charge in [-0.25, -0.2) is 0 Å². The smallest absolute Gasteiger partial charge is 0.304 e. The molecule has 2 aromatic rings. The molecule has 1 atom stereocenters. The Morgan fingerprint density at radius 3 is 1.95 bits per heavy atom. The van der Waals surface area contributed by atoms with E-state index in [1.54, 1.807) is 36.4 Å². The quantitative estimate of drug-likeness (QED) is 0.834. The second kappa shape index (κ2) is 5.96. The van der Waals surface area contributed by atoms with Crippen LogP contribution in [0.3, 0.4) is 0 Å². The van der Waals surface area contributed by atoms with Gasteiger partial charge in [0, 0.05) is 5.56 Å². The van der Waals surface area contributed by atoms with Gasteiger partial charge in [0.15, 0.2) is 5.78 Å². The summed E-state index contributed by atoms with van der Waals surface area (Å²) in [6, 6.07) is 17.8. The number of ketones is 1. The Morgan fingerprint density at radius 1 is 0.895 bits per heavy atom. The van der Waals surface area contributed by atoms with E-state index in [1.807, 2.05) is 24.3 Å². The van der Waals surface area contributed by atoms with Crippen molar-refractivity contribution in [3.05, 3.63) is 71.8 Å². The summed E-state index contributed by atoms with van der Waals surface area (Å²) >= 11 is 0. The minimum absolute atomic E-state index is 0.158. The van der Waals surface area contributed by atoms with E-state index in [9.17, 15) is 9.59 Å². The van der Waals surface area contributed by atoms with Crippen LogP contribution >= 0.6 is 0 Å². The minimum atomic E-state index is -0.974. The van der Waals surface area contributed by atoms with Gasteiger partial charge in [-0.1, -0.05) is 60.7 Å². The van der Waals surface area contributed by atoms with Crippen LogP contribution in [-0.2, 0) is 4.79 Å². The van der Waals surface area contributed by atoms with Crippen molar-refractivity contribution in [1.82, 2.24) is 0 Å². The lowest BCUT2D eigenvalue weighted by molar-refractivity contribution is -0.137. The fourth-order valence-corrected chi connectivity index (χ4v) is 2.03. The Balaban J connectivity index is 2.33. The van der Waals surface area contributed by atoms with E-state index in [-0.39, 0.29) is 12.2 Å². The van der Waals surface area contributed by atoms with Gasteiger partial charge >= 0.3 is 5.97 Å². The van der Waals surface area contributed by atoms with Crippen LogP contribution in [0.15, 0.2) is 60.7 Å². The van der Waals surface area contributed by atoms with Crippen molar-refractivity contribution in [1.29, 1.82) is 0 Å². The summed E-state index contributed by atoms with van der Waals surface area (Å²) in [6.07, 6.45) is -0.197. The van der Waals surface area contributed by atoms with E-state index in [0.29, 0.717) is 5.56 Å². The van der Waals surface area contributed by atoms with Gasteiger partial charge in [0.25, 0.3) is 0 Å². The zero-order chi connectivity index (χ0) is 13.7. The number of benzene rings is 2. The summed E-state index contributed by atoms with van der Waals surface area (Å²) in [5, 5.41) is 8.99. The Hall–Kier alpha value is -2.42. The molecule has 0 spiro atoms. The lowest BCUT2D eigenvalue weighted by Crippen LogP contribution is -2.16. The Bertz CT molecular complexity index is 561. The van der Waals surface area contributed by atoms with Crippen molar-refractivity contribution >= 4 is 11.8 Å². The molecule has 2 rings (SSSR count). The summed E-state index contributed by atoms with van der Waals surface area (Å²) in [5.41, 5.74) is 1.27. The molecule has 0 saturated heterocycles. The summed E-state index contributed by atoms with van der Waals surface area (Å²) in [7, 11) is 0. The van der Waals surface area contributed by atoms with Gasteiger partial charge in [-0.2, -0.15) is 0 Å². The molecule has 0 unspecified atom stereocenters. The van der Waals surface area contributed by atoms with Crippen LogP contribution in [0, 0.1) is 0 Å². The number of hydrogen-bond acceptors (Lipinski definition) is 2. The zero-order valence-corrected chi connectivity index (χ0v) is 10.3. The van der Waals surface area contributed by atoms with Gasteiger partial charge in [0.05, 0.1) is 12.3 Å². The third-order valence-corrected chi connectivity index (χ3v) is 2.96. The topological polar surface area (TPSA) is 54.4 Å². The van der Waals surface area contributed by atoms with Gasteiger partial charge < -0.3 is 5.11 Å². The van der Waals surface area contributed by atoms with E-state index >= 15 is 0 Å². The molecule has 0 aromatic heterocycles. The number of carbonyl (C=O) groups is 2. The highest BCUT2D eigenvalue weighted by molar-refractivity contribution is 6.02. The standard InChI is InChI=1S/C16H14O3/c17-15(18)11-14(12-7-3-1-4-8-12)16(19)13-9-5-2-6-10-13/h1-10,14H,11H2,(H,17,18)/t14-/m1/s1. The van der Waals surface area contributed by atoms with Crippen LogP contribution in [0.2, 0.25) is 0 Å². The number of hydrogen-bond donors (Lipinski definition) is 1. The molecule has 3 heteroatoms. The molecule has 0 aliphatic heterocycles. The highest BCUT2D eigenvalue weighted by Crippen LogP contribution is 2.24. The monoisotopic (exact) mass is 254 g/mol. The van der Waals surface area contributed by atoms with Crippen LogP contribution in [0.4, 0.5) is 0 Å². The fraction of sp³-hybridized carbons (Fsp3) is 0.125. The zero-order valence-electron chi connectivity index (χ0n) is 10.3. The van der Waals surface area contributed by atoms with E-state index in [4.69, 9.17) is 5.11 Å². The average Bonchev–Trinajstić information content (AvgIpc) is 2.46. The SMILES string of the molecule is O=C(O)C[C@@H](C(=O)c1ccccc1)c1ccccc1. The molecule has 96 valence electrons. The predicted octanol–water partition coefficient (Wildman–Crippen LogP) is 3.13. The van der Waals surface area contributed by atoms with E-state index in [1.165, 1.54) is 0 Å². The van der Waals surface area contributed by atoms with Crippen molar-refractivity contribution in [3.8, 4) is 0 Å². The van der Waals surface area contributed by atoms with Crippen molar-refractivity contribution < 1.29 is 14.7 Å². The summed E-state index contributed by atoms with van der Waals surface area (Å²) in [4.78, 5) is 23.4. The molecule has 0 aliphatic rings. The first-order valence-electron chi connectivity index (χ1n) is 6.04. The first-order chi connectivity index (χ1) is 9.18. The van der Waals surface area contributed by atoms with Gasteiger partial charge in [-0.15, -0.1) is 0 Å². The number of Topliss-reactive ketones (excluding diaryl/α,β-unsaturated/α-hetero) is 1. The second-order valence-electron chi connectivity index (χ2n) is 4.29. The molecule has 0 aliphatic carbocycles. The van der Waals surface area contributed by atoms with Crippen LogP contribution in [-0.4, -0.2) is 16.9 Å². The minimum Gasteiger partial charge on any atom is -0.481 e. The van der Waals surface area contributed by atoms with Crippen molar-refractivity contribution in [2.75, 3.05) is 0 Å². The summed E-state index contributed by atoms with van der Waals surface area (Å²) < 4.78 is 0. The first-order valence-corrected chi connectivity index (χ1v) is 6.04. The molecule has 0 radical (unpaired) electrons. The number of aliphatic carboxylic acids is 1. The van der Waals surface area contributed by atoms with Crippen molar-refractivity contribution in [2.45, 2.75) is 12.3 Å². The lowest BCUT2D eigenvalue weighted by Gasteiger charge is -2.14. The Labute approximate surface area is 111 Å². The summed E-state index contributed by atoms with van der Waals surface area (Å²) in [5.74, 6) is -1.77. The highest BCUT2D eigenvalue weighted by atomic mass is 16.4. The molecule has 2 aromatic carbocycles. The number of carboxylic acid groups (broad SMARTS) is 1. The number of carbonyl (C=O) groups excluding carboxylic acids is 1. The predicted molar refractivity (Wildman–Crippen MR) is 72.2 cm³/mol. The third-order valence-electron chi connectivity index (χ3n) is 2.96. The number of carboxylic acids is 1. The van der Waals surface area contributed by atoms with Gasteiger partial charge in [0.2, 0.25) is 0 Å². The van der Waals surface area contributed by atoms with Crippen LogP contribution in [0.5, 0.6) is 0 Å². The molecule has 3 nitrogen and oxygen atoms in total. The van der Waals surface area contributed by atoms with Gasteiger partial charge in [-0.05, 0) is 5.56 Å². The molecular weight excluding hydrogens is 240 g/mol.